The summed E-state index contributed by atoms with van der Waals surface area (Å²) in [6.07, 6.45) is -11.1. The van der Waals surface area contributed by atoms with E-state index < -0.39 is 90.0 Å². The zero-order chi connectivity index (χ0) is 31.2. The minimum Gasteiger partial charge on any atom is -0.477 e. The van der Waals surface area contributed by atoms with Crippen LogP contribution in [0, 0.1) is 0 Å². The molecular weight excluding hydrogens is 630 g/mol. The van der Waals surface area contributed by atoms with E-state index >= 15 is 0 Å². The largest absolute Gasteiger partial charge is 1.00 e. The van der Waals surface area contributed by atoms with Crippen LogP contribution in [0.4, 0.5) is 74.6 Å². The molecule has 0 radical (unpaired) electrons. The number of aliphatic carboxylic acids is 1. The number of rotatable bonds is 13. The molecule has 0 bridgehead atoms. The van der Waals surface area contributed by atoms with Crippen LogP contribution < -0.4 is 56.7 Å². The Bertz CT molecular complexity index is 890. The normalized spacial score (nSPS) is 15.1. The summed E-state index contributed by atoms with van der Waals surface area (Å²) in [5, 5.41) is 9.95. The summed E-state index contributed by atoms with van der Waals surface area (Å²) in [6, 6.07) is 0. The molecule has 226 valence electrons. The van der Waals surface area contributed by atoms with E-state index in [0.717, 1.165) is 0 Å². The first-order valence-electron chi connectivity index (χ1n) is 9.29. The van der Waals surface area contributed by atoms with Crippen LogP contribution in [-0.4, -0.2) is 103 Å². The van der Waals surface area contributed by atoms with Gasteiger partial charge in [0, 0.05) is 0 Å². The van der Waals surface area contributed by atoms with Gasteiger partial charge in [-0.2, -0.15) is 74.6 Å². The summed E-state index contributed by atoms with van der Waals surface area (Å²) >= 11 is 0. The summed E-state index contributed by atoms with van der Waals surface area (Å²) in [4.78, 5) is 22.0. The number of carbonyl (C=O) groups is 2. The number of nitrogens with zero attached hydrogens (tertiary/aromatic N) is 1. The van der Waals surface area contributed by atoms with Crippen molar-refractivity contribution in [2.45, 2.75) is 54.1 Å². The smallest absolute Gasteiger partial charge is 0.477 e. The molecule has 0 atom stereocenters. The number of amides is 1. The Labute approximate surface area is 249 Å². The Hall–Kier alpha value is -0.654. The summed E-state index contributed by atoms with van der Waals surface area (Å²) in [5.41, 5.74) is 0. The Morgan fingerprint density at radius 2 is 0.974 bits per heavy atom. The molecule has 0 heterocycles. The van der Waals surface area contributed by atoms with Gasteiger partial charge in [0.05, 0.1) is 33.6 Å². The van der Waals surface area contributed by atoms with E-state index in [2.05, 4.69) is 0 Å². The van der Waals surface area contributed by atoms with Crippen LogP contribution in [0.5, 0.6) is 0 Å². The van der Waals surface area contributed by atoms with E-state index in [1.165, 1.54) is 19.4 Å². The first-order chi connectivity index (χ1) is 16.3. The molecule has 1 amide bonds. The molecule has 23 heteroatoms. The monoisotopic (exact) mass is 646 g/mol. The number of halogens is 17. The number of hydrogen-bond acceptors (Lipinski definition) is 2. The number of carboxylic acids is 1. The van der Waals surface area contributed by atoms with Crippen LogP contribution in [0.1, 0.15) is 6.42 Å². The number of nitrogens with one attached hydrogen (secondary N) is 1. The minimum atomic E-state index is -8.74. The predicted molar refractivity (Wildman–Crippen MR) is 87.8 cm³/mol. The third-order valence-electron chi connectivity index (χ3n) is 4.77. The number of carbonyl (C=O) groups excluding carboxylic acids is 1. The van der Waals surface area contributed by atoms with Gasteiger partial charge in [-0.25, -0.2) is 4.79 Å². The fraction of sp³-hybridized carbons (Fsp3) is 0.875. The molecule has 0 saturated heterocycles. The Morgan fingerprint density at radius 1 is 0.641 bits per heavy atom. The summed E-state index contributed by atoms with van der Waals surface area (Å²) < 4.78 is 223. The van der Waals surface area contributed by atoms with Gasteiger partial charge in [-0.3, -0.25) is 4.79 Å². The average molecular weight is 646 g/mol. The summed E-state index contributed by atoms with van der Waals surface area (Å²) in [6.45, 7) is -2.00. The van der Waals surface area contributed by atoms with E-state index in [0.29, 0.717) is 0 Å². The third-order valence-corrected chi connectivity index (χ3v) is 4.77. The quantitative estimate of drug-likeness (QED) is 0.182. The summed E-state index contributed by atoms with van der Waals surface area (Å²) in [5.74, 6) is -61.3. The summed E-state index contributed by atoms with van der Waals surface area (Å²) in [7, 11) is 2.34. The van der Waals surface area contributed by atoms with Crippen LogP contribution in [-0.2, 0) is 9.59 Å². The van der Waals surface area contributed by atoms with Gasteiger partial charge in [0.15, 0.2) is 6.54 Å². The van der Waals surface area contributed by atoms with Crippen molar-refractivity contribution in [3.05, 3.63) is 0 Å². The van der Waals surface area contributed by atoms with Crippen molar-refractivity contribution >= 4 is 11.9 Å². The van der Waals surface area contributed by atoms with Crippen LogP contribution >= 0.6 is 0 Å². The Kier molecular flexibility index (Phi) is 12.4. The maximum absolute atomic E-state index is 13.8. The van der Waals surface area contributed by atoms with Crippen molar-refractivity contribution in [3.63, 3.8) is 0 Å². The maximum atomic E-state index is 13.8. The first kappa shape index (κ1) is 40.5. The molecule has 0 aromatic heterocycles. The molecular formula is C16H16F17KN2O3+2. The molecule has 0 aliphatic rings. The van der Waals surface area contributed by atoms with Crippen molar-refractivity contribution in [2.75, 3.05) is 33.7 Å². The second-order valence-electron chi connectivity index (χ2n) is 8.39. The molecule has 5 nitrogen and oxygen atoms in total. The molecule has 0 aliphatic heterocycles. The van der Waals surface area contributed by atoms with E-state index in [9.17, 15) is 84.2 Å². The van der Waals surface area contributed by atoms with E-state index in [1.54, 1.807) is 0 Å². The number of alkyl halides is 17. The van der Waals surface area contributed by atoms with Gasteiger partial charge >= 0.3 is 105 Å². The molecule has 0 unspecified atom stereocenters. The van der Waals surface area contributed by atoms with Crippen molar-refractivity contribution < 1.29 is 145 Å². The fourth-order valence-electron chi connectivity index (χ4n) is 2.51. The van der Waals surface area contributed by atoms with E-state index in [4.69, 9.17) is 5.11 Å². The number of likely N-dealkylation sites (N-methyl/N-ethyl adjacent to an activating group) is 1. The van der Waals surface area contributed by atoms with Gasteiger partial charge in [0.2, 0.25) is 5.91 Å². The van der Waals surface area contributed by atoms with Crippen molar-refractivity contribution in [1.29, 1.82) is 0 Å². The van der Waals surface area contributed by atoms with Crippen LogP contribution in [0.2, 0.25) is 0 Å². The van der Waals surface area contributed by atoms with Crippen molar-refractivity contribution in [1.82, 2.24) is 5.32 Å². The molecule has 39 heavy (non-hydrogen) atoms. The second-order valence-corrected chi connectivity index (χ2v) is 8.39. The Morgan fingerprint density at radius 3 is 1.31 bits per heavy atom. The molecule has 0 spiro atoms. The van der Waals surface area contributed by atoms with Gasteiger partial charge in [-0.1, -0.05) is 0 Å². The molecule has 0 saturated carbocycles. The molecule has 0 aromatic rings. The first-order valence-corrected chi connectivity index (χ1v) is 9.29. The fourth-order valence-corrected chi connectivity index (χ4v) is 2.51. The minimum absolute atomic E-state index is 0. The molecule has 0 aromatic carbocycles. The van der Waals surface area contributed by atoms with Crippen LogP contribution in [0.25, 0.3) is 0 Å². The maximum Gasteiger partial charge on any atom is 1.00 e. The van der Waals surface area contributed by atoms with Gasteiger partial charge in [0.1, 0.15) is 0 Å². The van der Waals surface area contributed by atoms with Crippen LogP contribution in [0.3, 0.4) is 0 Å². The Balaban J connectivity index is 0. The van der Waals surface area contributed by atoms with Gasteiger partial charge < -0.3 is 14.9 Å². The molecule has 0 fully saturated rings. The zero-order valence-electron chi connectivity index (χ0n) is 19.5. The number of carboxylic acid groups (broad SMARTS) is 1. The second kappa shape index (κ2) is 11.9. The average Bonchev–Trinajstić information content (AvgIpc) is 2.64. The third kappa shape index (κ3) is 7.41. The zero-order valence-corrected chi connectivity index (χ0v) is 22.6. The van der Waals surface area contributed by atoms with E-state index in [1.807, 2.05) is 0 Å². The van der Waals surface area contributed by atoms with E-state index in [-0.39, 0.29) is 51.4 Å². The standard InChI is InChI=1S/C16H15F17N2O3.K/c1-35(2,6-8(37)38)4-3-34-7(36)5-9(17,18)10(19,20)11(21,22)12(23,24)13(25,26)14(27,28)15(29,30)16(31,32)33;/h3-6H2,1-2H3,(H-,34,36,37,38);/q;+1/p+1. The molecule has 0 aliphatic carbocycles. The van der Waals surface area contributed by atoms with Gasteiger partial charge in [-0.15, -0.1) is 0 Å². The number of quaternary nitrogens is 1. The topological polar surface area (TPSA) is 66.4 Å². The predicted octanol–water partition coefficient (Wildman–Crippen LogP) is 1.67. The molecule has 0 rings (SSSR count). The molecule has 2 N–H and O–H groups in total. The van der Waals surface area contributed by atoms with Gasteiger partial charge in [-0.05, 0) is 0 Å². The van der Waals surface area contributed by atoms with Crippen LogP contribution in [0.15, 0.2) is 0 Å². The van der Waals surface area contributed by atoms with Crippen molar-refractivity contribution in [3.8, 4) is 0 Å². The SMILES string of the molecule is C[N+](C)(CCNC(=O)CC(F)(F)C(F)(F)C(F)(F)C(F)(F)C(F)(F)C(F)(F)C(F)(F)C(F)(F)F)CC(=O)O.[K+]. The van der Waals surface area contributed by atoms with Crippen molar-refractivity contribution in [2.24, 2.45) is 0 Å². The van der Waals surface area contributed by atoms with Gasteiger partial charge in [0.25, 0.3) is 0 Å². The number of hydrogen-bond donors (Lipinski definition) is 2.